The van der Waals surface area contributed by atoms with Crippen molar-refractivity contribution in [2.75, 3.05) is 32.1 Å². The largest absolute Gasteiger partial charge is 0.315 e. The summed E-state index contributed by atoms with van der Waals surface area (Å²) in [5, 5.41) is 3.53. The molecule has 1 rings (SSSR count). The molecule has 0 saturated carbocycles. The Morgan fingerprint density at radius 2 is 2.29 bits per heavy atom. The second kappa shape index (κ2) is 6.70. The molecule has 2 unspecified atom stereocenters. The predicted molar refractivity (Wildman–Crippen MR) is 66.1 cm³/mol. The van der Waals surface area contributed by atoms with Crippen LogP contribution >= 0.6 is 11.8 Å². The molecule has 3 heteroatoms. The molecule has 1 N–H and O–H groups in total. The lowest BCUT2D eigenvalue weighted by atomic mass is 10.1. The number of nitrogens with zero attached hydrogens (tertiary/aromatic N) is 1. The molecule has 1 saturated heterocycles. The summed E-state index contributed by atoms with van der Waals surface area (Å²) in [5.41, 5.74) is 0. The lowest BCUT2D eigenvalue weighted by molar-refractivity contribution is 0.189. The van der Waals surface area contributed by atoms with Gasteiger partial charge in [0.15, 0.2) is 0 Å². The third-order valence-corrected chi connectivity index (χ3v) is 4.02. The third kappa shape index (κ3) is 3.79. The first kappa shape index (κ1) is 12.3. The van der Waals surface area contributed by atoms with Crippen molar-refractivity contribution in [2.45, 2.75) is 38.3 Å². The Bertz CT molecular complexity index is 144. The number of likely N-dealkylation sites (N-methyl/N-ethyl adjacent to an activating group) is 1. The Labute approximate surface area is 92.8 Å². The van der Waals surface area contributed by atoms with Crippen LogP contribution in [0.5, 0.6) is 0 Å². The highest BCUT2D eigenvalue weighted by atomic mass is 32.2. The van der Waals surface area contributed by atoms with Gasteiger partial charge in [0.05, 0.1) is 0 Å². The van der Waals surface area contributed by atoms with Crippen LogP contribution in [0.1, 0.15) is 26.2 Å². The Morgan fingerprint density at radius 3 is 3.00 bits per heavy atom. The smallest absolute Gasteiger partial charge is 0.0220 e. The molecule has 14 heavy (non-hydrogen) atoms. The minimum absolute atomic E-state index is 0.704. The first-order valence-electron chi connectivity index (χ1n) is 5.67. The molecule has 1 fully saturated rings. The maximum absolute atomic E-state index is 3.53. The van der Waals surface area contributed by atoms with Gasteiger partial charge in [-0.05, 0) is 39.6 Å². The van der Waals surface area contributed by atoms with Gasteiger partial charge in [0.2, 0.25) is 0 Å². The molecule has 1 heterocycles. The van der Waals surface area contributed by atoms with Crippen LogP contribution in [0.3, 0.4) is 0 Å². The van der Waals surface area contributed by atoms with E-state index in [0.717, 1.165) is 6.04 Å². The quantitative estimate of drug-likeness (QED) is 0.771. The fourth-order valence-electron chi connectivity index (χ4n) is 2.07. The Hall–Kier alpha value is 0.270. The molecule has 0 bridgehead atoms. The Morgan fingerprint density at radius 1 is 1.50 bits per heavy atom. The van der Waals surface area contributed by atoms with Crippen molar-refractivity contribution in [2.24, 2.45) is 0 Å². The summed E-state index contributed by atoms with van der Waals surface area (Å²) in [4.78, 5) is 2.55. The van der Waals surface area contributed by atoms with Crippen LogP contribution in [0.15, 0.2) is 0 Å². The SMILES string of the molecule is CSCC(C)N(C)C1CCCCNC1. The van der Waals surface area contributed by atoms with Crippen LogP contribution in [-0.2, 0) is 0 Å². The van der Waals surface area contributed by atoms with Crippen LogP contribution < -0.4 is 5.32 Å². The second-order valence-electron chi connectivity index (χ2n) is 4.32. The molecule has 0 amide bonds. The van der Waals surface area contributed by atoms with Gasteiger partial charge in [0, 0.05) is 24.4 Å². The van der Waals surface area contributed by atoms with Gasteiger partial charge in [-0.15, -0.1) is 0 Å². The van der Waals surface area contributed by atoms with E-state index in [2.05, 4.69) is 30.4 Å². The molecule has 84 valence electrons. The van der Waals surface area contributed by atoms with Gasteiger partial charge in [0.1, 0.15) is 0 Å². The molecule has 0 aromatic heterocycles. The fraction of sp³-hybridized carbons (Fsp3) is 1.00. The van der Waals surface area contributed by atoms with Crippen molar-refractivity contribution >= 4 is 11.8 Å². The zero-order valence-electron chi connectivity index (χ0n) is 9.75. The Kier molecular flexibility index (Phi) is 5.90. The van der Waals surface area contributed by atoms with E-state index in [4.69, 9.17) is 0 Å². The maximum Gasteiger partial charge on any atom is 0.0220 e. The van der Waals surface area contributed by atoms with Crippen LogP contribution in [0, 0.1) is 0 Å². The molecule has 0 aliphatic carbocycles. The topological polar surface area (TPSA) is 15.3 Å². The average Bonchev–Trinajstić information content (AvgIpc) is 2.45. The van der Waals surface area contributed by atoms with Gasteiger partial charge in [0.25, 0.3) is 0 Å². The van der Waals surface area contributed by atoms with Crippen molar-refractivity contribution in [3.8, 4) is 0 Å². The summed E-state index contributed by atoms with van der Waals surface area (Å²) in [6.45, 7) is 4.72. The first-order valence-corrected chi connectivity index (χ1v) is 7.06. The molecule has 0 radical (unpaired) electrons. The van der Waals surface area contributed by atoms with E-state index in [1.165, 1.54) is 38.1 Å². The molecule has 2 nitrogen and oxygen atoms in total. The van der Waals surface area contributed by atoms with E-state index in [-0.39, 0.29) is 0 Å². The number of thioether (sulfide) groups is 1. The fourth-order valence-corrected chi connectivity index (χ4v) is 2.78. The summed E-state index contributed by atoms with van der Waals surface area (Å²) in [7, 11) is 2.28. The highest BCUT2D eigenvalue weighted by Gasteiger charge is 2.20. The molecule has 1 aliphatic heterocycles. The van der Waals surface area contributed by atoms with Gasteiger partial charge in [-0.1, -0.05) is 6.42 Å². The van der Waals surface area contributed by atoms with E-state index in [1.807, 2.05) is 11.8 Å². The van der Waals surface area contributed by atoms with Gasteiger partial charge in [-0.25, -0.2) is 0 Å². The van der Waals surface area contributed by atoms with E-state index >= 15 is 0 Å². The van der Waals surface area contributed by atoms with E-state index in [9.17, 15) is 0 Å². The summed E-state index contributed by atoms with van der Waals surface area (Å²) in [5.74, 6) is 1.24. The molecule has 1 aliphatic rings. The second-order valence-corrected chi connectivity index (χ2v) is 5.23. The monoisotopic (exact) mass is 216 g/mol. The zero-order valence-corrected chi connectivity index (χ0v) is 10.6. The van der Waals surface area contributed by atoms with Gasteiger partial charge in [-0.3, -0.25) is 4.90 Å². The molecule has 0 aromatic carbocycles. The lowest BCUT2D eigenvalue weighted by Crippen LogP contribution is -2.44. The standard InChI is InChI=1S/C11H24N2S/c1-10(9-14-3)13(2)11-6-4-5-7-12-8-11/h10-12H,4-9H2,1-3H3. The number of hydrogen-bond donors (Lipinski definition) is 1. The van der Waals surface area contributed by atoms with E-state index < -0.39 is 0 Å². The molecule has 0 aromatic rings. The lowest BCUT2D eigenvalue weighted by Gasteiger charge is -2.32. The number of hydrogen-bond acceptors (Lipinski definition) is 3. The van der Waals surface area contributed by atoms with Crippen LogP contribution in [-0.4, -0.2) is 49.1 Å². The molecular weight excluding hydrogens is 192 g/mol. The van der Waals surface area contributed by atoms with Crippen molar-refractivity contribution in [3.05, 3.63) is 0 Å². The van der Waals surface area contributed by atoms with Crippen molar-refractivity contribution in [3.63, 3.8) is 0 Å². The van der Waals surface area contributed by atoms with Gasteiger partial charge < -0.3 is 5.32 Å². The van der Waals surface area contributed by atoms with Crippen molar-refractivity contribution in [1.82, 2.24) is 10.2 Å². The summed E-state index contributed by atoms with van der Waals surface area (Å²) < 4.78 is 0. The van der Waals surface area contributed by atoms with Crippen LogP contribution in [0.4, 0.5) is 0 Å². The highest BCUT2D eigenvalue weighted by Crippen LogP contribution is 2.14. The van der Waals surface area contributed by atoms with Crippen molar-refractivity contribution in [1.29, 1.82) is 0 Å². The Balaban J connectivity index is 2.36. The maximum atomic E-state index is 3.53. The first-order chi connectivity index (χ1) is 6.75. The summed E-state index contributed by atoms with van der Waals surface area (Å²) in [6.07, 6.45) is 6.28. The van der Waals surface area contributed by atoms with Crippen LogP contribution in [0.2, 0.25) is 0 Å². The van der Waals surface area contributed by atoms with Crippen LogP contribution in [0.25, 0.3) is 0 Å². The normalized spacial score (nSPS) is 26.1. The highest BCUT2D eigenvalue weighted by molar-refractivity contribution is 7.98. The van der Waals surface area contributed by atoms with Crippen molar-refractivity contribution < 1.29 is 0 Å². The predicted octanol–water partition coefficient (Wildman–Crippen LogP) is 1.81. The van der Waals surface area contributed by atoms with E-state index in [0.29, 0.717) is 6.04 Å². The van der Waals surface area contributed by atoms with E-state index in [1.54, 1.807) is 0 Å². The molecule has 0 spiro atoms. The molecule has 2 atom stereocenters. The minimum atomic E-state index is 0.704. The number of rotatable bonds is 4. The minimum Gasteiger partial charge on any atom is -0.315 e. The number of nitrogens with one attached hydrogen (secondary N) is 1. The molecular formula is C11H24N2S. The third-order valence-electron chi connectivity index (χ3n) is 3.20. The summed E-state index contributed by atoms with van der Waals surface area (Å²) in [6, 6.07) is 1.45. The average molecular weight is 216 g/mol. The zero-order chi connectivity index (χ0) is 10.4. The van der Waals surface area contributed by atoms with Gasteiger partial charge >= 0.3 is 0 Å². The summed E-state index contributed by atoms with van der Waals surface area (Å²) >= 11 is 1.95. The van der Waals surface area contributed by atoms with Gasteiger partial charge in [-0.2, -0.15) is 11.8 Å².